The van der Waals surface area contributed by atoms with Crippen LogP contribution in [0.25, 0.3) is 0 Å². The molecule has 4 nitrogen and oxygen atoms in total. The first-order valence-electron chi connectivity index (χ1n) is 8.58. The Kier molecular flexibility index (Phi) is 5.65. The first kappa shape index (κ1) is 16.3. The molecule has 2 rings (SSSR count). The Morgan fingerprint density at radius 2 is 1.95 bits per heavy atom. The Morgan fingerprint density at radius 1 is 1.24 bits per heavy atom. The van der Waals surface area contributed by atoms with E-state index in [1.165, 1.54) is 32.1 Å². The number of amides is 1. The Hall–Kier alpha value is -1.06. The number of aliphatic carboxylic acids is 1. The molecule has 2 fully saturated rings. The third-order valence-electron chi connectivity index (χ3n) is 5.56. The van der Waals surface area contributed by atoms with Crippen LogP contribution in [0.4, 0.5) is 0 Å². The van der Waals surface area contributed by atoms with Gasteiger partial charge in [0, 0.05) is 19.5 Å². The van der Waals surface area contributed by atoms with Gasteiger partial charge in [0.05, 0.1) is 5.41 Å². The van der Waals surface area contributed by atoms with Crippen LogP contribution in [0.1, 0.15) is 71.1 Å². The zero-order valence-corrected chi connectivity index (χ0v) is 13.3. The molecule has 1 saturated heterocycles. The Balaban J connectivity index is 1.73. The fraction of sp³-hybridized carbons (Fsp3) is 0.882. The normalized spacial score (nSPS) is 27.0. The molecule has 21 heavy (non-hydrogen) atoms. The van der Waals surface area contributed by atoms with Crippen LogP contribution in [-0.4, -0.2) is 35.0 Å². The number of likely N-dealkylation sites (tertiary alicyclic amines) is 1. The van der Waals surface area contributed by atoms with E-state index in [1.54, 1.807) is 4.90 Å². The minimum atomic E-state index is -0.748. The van der Waals surface area contributed by atoms with E-state index < -0.39 is 11.4 Å². The zero-order chi connectivity index (χ0) is 15.3. The maximum atomic E-state index is 12.2. The van der Waals surface area contributed by atoms with E-state index in [2.05, 4.69) is 0 Å². The van der Waals surface area contributed by atoms with Crippen molar-refractivity contribution in [2.24, 2.45) is 11.3 Å². The number of hydrogen-bond donors (Lipinski definition) is 1. The summed E-state index contributed by atoms with van der Waals surface area (Å²) in [5.41, 5.74) is -0.695. The number of carboxylic acids is 1. The maximum Gasteiger partial charge on any atom is 0.311 e. The monoisotopic (exact) mass is 295 g/mol. The lowest BCUT2D eigenvalue weighted by Gasteiger charge is -2.24. The lowest BCUT2D eigenvalue weighted by molar-refractivity contribution is -0.148. The average molecular weight is 295 g/mol. The smallest absolute Gasteiger partial charge is 0.311 e. The minimum absolute atomic E-state index is 0.155. The number of carboxylic acid groups (broad SMARTS) is 1. The average Bonchev–Trinajstić information content (AvgIpc) is 2.94. The molecule has 1 atom stereocenters. The van der Waals surface area contributed by atoms with Gasteiger partial charge < -0.3 is 10.0 Å². The molecule has 0 bridgehead atoms. The summed E-state index contributed by atoms with van der Waals surface area (Å²) in [6.45, 7) is 2.93. The van der Waals surface area contributed by atoms with E-state index >= 15 is 0 Å². The summed E-state index contributed by atoms with van der Waals surface area (Å²) in [5, 5.41) is 9.37. The van der Waals surface area contributed by atoms with Crippen LogP contribution in [0, 0.1) is 11.3 Å². The third kappa shape index (κ3) is 3.98. The Bertz CT molecular complexity index is 376. The van der Waals surface area contributed by atoms with Crippen molar-refractivity contribution in [3.63, 3.8) is 0 Å². The van der Waals surface area contributed by atoms with Crippen LogP contribution in [0.15, 0.2) is 0 Å². The van der Waals surface area contributed by atoms with Crippen molar-refractivity contribution >= 4 is 11.9 Å². The van der Waals surface area contributed by atoms with Gasteiger partial charge in [-0.1, -0.05) is 39.0 Å². The predicted octanol–water partition coefficient (Wildman–Crippen LogP) is 3.45. The summed E-state index contributed by atoms with van der Waals surface area (Å²) < 4.78 is 0. The molecule has 1 heterocycles. The van der Waals surface area contributed by atoms with Crippen molar-refractivity contribution in [3.05, 3.63) is 0 Å². The van der Waals surface area contributed by atoms with E-state index in [1.807, 2.05) is 6.92 Å². The Labute approximate surface area is 127 Å². The highest BCUT2D eigenvalue weighted by Gasteiger charge is 2.44. The van der Waals surface area contributed by atoms with Crippen LogP contribution < -0.4 is 0 Å². The van der Waals surface area contributed by atoms with Gasteiger partial charge >= 0.3 is 5.97 Å². The van der Waals surface area contributed by atoms with Crippen LogP contribution >= 0.6 is 0 Å². The number of nitrogens with zero attached hydrogens (tertiary/aromatic N) is 1. The number of rotatable bonds is 6. The van der Waals surface area contributed by atoms with Gasteiger partial charge in [0.2, 0.25) is 5.91 Å². The van der Waals surface area contributed by atoms with E-state index in [0.717, 1.165) is 18.8 Å². The second kappa shape index (κ2) is 7.28. The summed E-state index contributed by atoms with van der Waals surface area (Å²) >= 11 is 0. The van der Waals surface area contributed by atoms with Gasteiger partial charge in [-0.15, -0.1) is 0 Å². The lowest BCUT2D eigenvalue weighted by atomic mass is 9.84. The van der Waals surface area contributed by atoms with Crippen LogP contribution in [0.3, 0.4) is 0 Å². The SMILES string of the molecule is CCC1(C(=O)O)CCN(C(=O)CCCC2CCCCC2)C1. The fourth-order valence-electron chi connectivity index (χ4n) is 3.88. The van der Waals surface area contributed by atoms with Gasteiger partial charge in [0.15, 0.2) is 0 Å². The number of carbonyl (C=O) groups is 2. The second-order valence-electron chi connectivity index (χ2n) is 6.90. The molecule has 1 saturated carbocycles. The topological polar surface area (TPSA) is 57.6 Å². The Morgan fingerprint density at radius 3 is 2.52 bits per heavy atom. The molecule has 4 heteroatoms. The minimum Gasteiger partial charge on any atom is -0.481 e. The second-order valence-corrected chi connectivity index (χ2v) is 6.90. The van der Waals surface area contributed by atoms with E-state index in [9.17, 15) is 14.7 Å². The molecular formula is C17H29NO3. The molecule has 0 aromatic carbocycles. The molecule has 0 aromatic rings. The van der Waals surface area contributed by atoms with Crippen LogP contribution in [0.5, 0.6) is 0 Å². The lowest BCUT2D eigenvalue weighted by Crippen LogP contribution is -2.36. The standard InChI is InChI=1S/C17H29NO3/c1-2-17(16(20)21)11-12-18(13-17)15(19)10-6-9-14-7-4-3-5-8-14/h14H,2-13H2,1H3,(H,20,21). The molecule has 0 radical (unpaired) electrons. The molecule has 1 aliphatic carbocycles. The number of carbonyl (C=O) groups excluding carboxylic acids is 1. The molecule has 1 unspecified atom stereocenters. The summed E-state index contributed by atoms with van der Waals surface area (Å²) in [7, 11) is 0. The van der Waals surface area contributed by atoms with E-state index in [0.29, 0.717) is 32.4 Å². The van der Waals surface area contributed by atoms with Crippen molar-refractivity contribution in [2.75, 3.05) is 13.1 Å². The van der Waals surface area contributed by atoms with E-state index in [-0.39, 0.29) is 5.91 Å². The fourth-order valence-corrected chi connectivity index (χ4v) is 3.88. The summed E-state index contributed by atoms with van der Waals surface area (Å²) in [6.07, 6.45) is 10.7. The zero-order valence-electron chi connectivity index (χ0n) is 13.3. The quantitative estimate of drug-likeness (QED) is 0.816. The largest absolute Gasteiger partial charge is 0.481 e. The molecule has 2 aliphatic rings. The van der Waals surface area contributed by atoms with Gasteiger partial charge in [-0.25, -0.2) is 0 Å². The maximum absolute atomic E-state index is 12.2. The van der Waals surface area contributed by atoms with Gasteiger partial charge in [-0.05, 0) is 31.6 Å². The van der Waals surface area contributed by atoms with Crippen molar-refractivity contribution < 1.29 is 14.7 Å². The predicted molar refractivity (Wildman–Crippen MR) is 82.0 cm³/mol. The molecular weight excluding hydrogens is 266 g/mol. The first-order valence-corrected chi connectivity index (χ1v) is 8.58. The third-order valence-corrected chi connectivity index (χ3v) is 5.56. The molecule has 1 amide bonds. The highest BCUT2D eigenvalue weighted by atomic mass is 16.4. The van der Waals surface area contributed by atoms with Gasteiger partial charge in [0.25, 0.3) is 0 Å². The molecule has 1 aliphatic heterocycles. The highest BCUT2D eigenvalue weighted by Crippen LogP contribution is 2.35. The van der Waals surface area contributed by atoms with Gasteiger partial charge in [-0.2, -0.15) is 0 Å². The molecule has 1 N–H and O–H groups in total. The number of hydrogen-bond acceptors (Lipinski definition) is 2. The van der Waals surface area contributed by atoms with Crippen LogP contribution in [-0.2, 0) is 9.59 Å². The van der Waals surface area contributed by atoms with Crippen molar-refractivity contribution in [3.8, 4) is 0 Å². The van der Waals surface area contributed by atoms with Gasteiger partial charge in [-0.3, -0.25) is 9.59 Å². The van der Waals surface area contributed by atoms with E-state index in [4.69, 9.17) is 0 Å². The molecule has 0 aromatic heterocycles. The van der Waals surface area contributed by atoms with Crippen molar-refractivity contribution in [1.82, 2.24) is 4.90 Å². The summed E-state index contributed by atoms with van der Waals surface area (Å²) in [4.78, 5) is 25.4. The molecule has 120 valence electrons. The van der Waals surface area contributed by atoms with Crippen molar-refractivity contribution in [1.29, 1.82) is 0 Å². The molecule has 0 spiro atoms. The van der Waals surface area contributed by atoms with Crippen molar-refractivity contribution in [2.45, 2.75) is 71.1 Å². The summed E-state index contributed by atoms with van der Waals surface area (Å²) in [6, 6.07) is 0. The van der Waals surface area contributed by atoms with Gasteiger partial charge in [0.1, 0.15) is 0 Å². The van der Waals surface area contributed by atoms with Crippen LogP contribution in [0.2, 0.25) is 0 Å². The summed E-state index contributed by atoms with van der Waals surface area (Å²) in [5.74, 6) is 0.226. The first-order chi connectivity index (χ1) is 10.1. The highest BCUT2D eigenvalue weighted by molar-refractivity contribution is 5.80.